The van der Waals surface area contributed by atoms with E-state index >= 15 is 0 Å². The Morgan fingerprint density at radius 2 is 2.00 bits per heavy atom. The number of carbonyl (C=O) groups is 2. The van der Waals surface area contributed by atoms with Crippen molar-refractivity contribution in [1.82, 2.24) is 20.2 Å². The summed E-state index contributed by atoms with van der Waals surface area (Å²) < 4.78 is 9.53. The average molecular weight is 388 g/mol. The van der Waals surface area contributed by atoms with Crippen molar-refractivity contribution < 1.29 is 14.3 Å². The summed E-state index contributed by atoms with van der Waals surface area (Å²) in [6, 6.07) is 7.15. The minimum Gasteiger partial charge on any atom is -0.453 e. The summed E-state index contributed by atoms with van der Waals surface area (Å²) in [6.45, 7) is 9.48. The molecule has 3 rings (SSSR count). The van der Waals surface area contributed by atoms with Gasteiger partial charge in [0.05, 0.1) is 21.7 Å². The summed E-state index contributed by atoms with van der Waals surface area (Å²) in [5.74, 6) is -0.422. The van der Waals surface area contributed by atoms with E-state index in [1.165, 1.54) is 11.5 Å². The topological polar surface area (TPSA) is 93.2 Å². The Balaban J connectivity index is 1.83. The van der Waals surface area contributed by atoms with Gasteiger partial charge in [-0.15, -0.1) is 5.10 Å². The molecule has 2 aromatic rings. The highest BCUT2D eigenvalue weighted by Gasteiger charge is 2.45. The average Bonchev–Trinajstić information content (AvgIpc) is 3.19. The van der Waals surface area contributed by atoms with E-state index in [1.54, 1.807) is 19.1 Å². The molecule has 1 fully saturated rings. The number of amides is 1. The fourth-order valence-electron chi connectivity index (χ4n) is 3.09. The minimum absolute atomic E-state index is 0.0783. The van der Waals surface area contributed by atoms with Gasteiger partial charge in [0, 0.05) is 5.56 Å². The minimum atomic E-state index is -0.694. The molecule has 3 atom stereocenters. The second-order valence-corrected chi connectivity index (χ2v) is 8.05. The first kappa shape index (κ1) is 19.4. The van der Waals surface area contributed by atoms with Crippen LogP contribution in [0.1, 0.15) is 66.5 Å². The van der Waals surface area contributed by atoms with Crippen LogP contribution in [0, 0.1) is 12.8 Å². The maximum atomic E-state index is 12.8. The number of benzene rings is 1. The quantitative estimate of drug-likeness (QED) is 0.765. The number of nitrogens with one attached hydrogen (secondary N) is 2. The SMILES string of the molecule is Cc1nnsc1C(C)OC(=O)c1ccccc1C1NC(=O)C(C)(C(C)C)N1. The van der Waals surface area contributed by atoms with Gasteiger partial charge in [-0.2, -0.15) is 0 Å². The Labute approximate surface area is 162 Å². The molecule has 1 amide bonds. The van der Waals surface area contributed by atoms with Crippen molar-refractivity contribution in [2.75, 3.05) is 0 Å². The maximum absolute atomic E-state index is 12.8. The van der Waals surface area contributed by atoms with Crippen molar-refractivity contribution in [3.63, 3.8) is 0 Å². The highest BCUT2D eigenvalue weighted by Crippen LogP contribution is 2.30. The predicted molar refractivity (Wildman–Crippen MR) is 102 cm³/mol. The summed E-state index contributed by atoms with van der Waals surface area (Å²) in [4.78, 5) is 26.1. The molecule has 2 N–H and O–H groups in total. The molecule has 0 bridgehead atoms. The molecule has 1 aliphatic heterocycles. The molecule has 0 radical (unpaired) electrons. The van der Waals surface area contributed by atoms with E-state index in [1.807, 2.05) is 39.8 Å². The van der Waals surface area contributed by atoms with Crippen LogP contribution in [0.3, 0.4) is 0 Å². The highest BCUT2D eigenvalue weighted by atomic mass is 32.1. The van der Waals surface area contributed by atoms with Crippen LogP contribution in [0.15, 0.2) is 24.3 Å². The molecule has 1 aromatic heterocycles. The number of aromatic nitrogens is 2. The Morgan fingerprint density at radius 1 is 1.30 bits per heavy atom. The Morgan fingerprint density at radius 3 is 2.59 bits per heavy atom. The van der Waals surface area contributed by atoms with E-state index in [9.17, 15) is 9.59 Å². The smallest absolute Gasteiger partial charge is 0.339 e. The van der Waals surface area contributed by atoms with Gasteiger partial charge in [-0.25, -0.2) is 4.79 Å². The van der Waals surface area contributed by atoms with Gasteiger partial charge in [0.15, 0.2) is 0 Å². The summed E-state index contributed by atoms with van der Waals surface area (Å²) in [5, 5.41) is 10.2. The number of nitrogens with zero attached hydrogens (tertiary/aromatic N) is 2. The standard InChI is InChI=1S/C19H24N4O3S/c1-10(2)19(5)18(25)20-16(21-19)13-8-6-7-9-14(13)17(24)26-12(4)15-11(3)22-23-27-15/h6-10,12,16,21H,1-5H3,(H,20,25). The molecular formula is C19H24N4O3S. The molecule has 1 aliphatic rings. The lowest BCUT2D eigenvalue weighted by Crippen LogP contribution is -2.48. The Kier molecular flexibility index (Phi) is 5.30. The lowest BCUT2D eigenvalue weighted by molar-refractivity contribution is -0.125. The number of hydrogen-bond acceptors (Lipinski definition) is 7. The van der Waals surface area contributed by atoms with Gasteiger partial charge >= 0.3 is 5.97 Å². The fourth-order valence-corrected chi connectivity index (χ4v) is 3.71. The molecule has 144 valence electrons. The van der Waals surface area contributed by atoms with E-state index in [0.717, 1.165) is 10.6 Å². The van der Waals surface area contributed by atoms with E-state index in [4.69, 9.17) is 4.74 Å². The van der Waals surface area contributed by atoms with Crippen molar-refractivity contribution in [3.8, 4) is 0 Å². The van der Waals surface area contributed by atoms with Crippen molar-refractivity contribution >= 4 is 23.4 Å². The van der Waals surface area contributed by atoms with Crippen LogP contribution >= 0.6 is 11.5 Å². The Bertz CT molecular complexity index is 866. The largest absolute Gasteiger partial charge is 0.453 e. The van der Waals surface area contributed by atoms with Gasteiger partial charge in [0.2, 0.25) is 5.91 Å². The number of rotatable bonds is 5. The highest BCUT2D eigenvalue weighted by molar-refractivity contribution is 7.05. The maximum Gasteiger partial charge on any atom is 0.339 e. The molecule has 7 nitrogen and oxygen atoms in total. The third kappa shape index (κ3) is 3.59. The van der Waals surface area contributed by atoms with Crippen LogP contribution < -0.4 is 10.6 Å². The molecule has 1 saturated heterocycles. The zero-order valence-electron chi connectivity index (χ0n) is 16.1. The Hall–Kier alpha value is -2.32. The molecule has 0 spiro atoms. The summed E-state index contributed by atoms with van der Waals surface area (Å²) in [5.41, 5.74) is 1.17. The zero-order valence-corrected chi connectivity index (χ0v) is 16.9. The van der Waals surface area contributed by atoms with Gasteiger partial charge < -0.3 is 10.1 Å². The first-order valence-electron chi connectivity index (χ1n) is 8.91. The third-order valence-electron chi connectivity index (χ3n) is 5.18. The van der Waals surface area contributed by atoms with Gasteiger partial charge in [-0.3, -0.25) is 10.1 Å². The lowest BCUT2D eigenvalue weighted by atomic mass is 9.89. The predicted octanol–water partition coefficient (Wildman–Crippen LogP) is 2.90. The second-order valence-electron chi connectivity index (χ2n) is 7.27. The van der Waals surface area contributed by atoms with Crippen molar-refractivity contribution in [2.24, 2.45) is 5.92 Å². The monoisotopic (exact) mass is 388 g/mol. The van der Waals surface area contributed by atoms with E-state index < -0.39 is 23.8 Å². The van der Waals surface area contributed by atoms with Crippen LogP contribution in [0.5, 0.6) is 0 Å². The number of aryl methyl sites for hydroxylation is 1. The van der Waals surface area contributed by atoms with E-state index in [0.29, 0.717) is 11.1 Å². The van der Waals surface area contributed by atoms with Crippen LogP contribution in [0.25, 0.3) is 0 Å². The van der Waals surface area contributed by atoms with E-state index in [-0.39, 0.29) is 11.8 Å². The number of carbonyl (C=O) groups excluding carboxylic acids is 2. The molecule has 8 heteroatoms. The second kappa shape index (κ2) is 7.36. The van der Waals surface area contributed by atoms with Crippen LogP contribution in [0.2, 0.25) is 0 Å². The van der Waals surface area contributed by atoms with Gasteiger partial charge in [-0.1, -0.05) is 36.5 Å². The molecule has 27 heavy (non-hydrogen) atoms. The van der Waals surface area contributed by atoms with Crippen LogP contribution in [-0.2, 0) is 9.53 Å². The first-order valence-corrected chi connectivity index (χ1v) is 9.68. The number of hydrogen-bond donors (Lipinski definition) is 2. The summed E-state index contributed by atoms with van der Waals surface area (Å²) in [7, 11) is 0. The third-order valence-corrected chi connectivity index (χ3v) is 6.16. The van der Waals surface area contributed by atoms with Gasteiger partial charge in [0.25, 0.3) is 0 Å². The normalized spacial score (nSPS) is 23.3. The van der Waals surface area contributed by atoms with Gasteiger partial charge in [0.1, 0.15) is 12.3 Å². The van der Waals surface area contributed by atoms with E-state index in [2.05, 4.69) is 20.2 Å². The van der Waals surface area contributed by atoms with Crippen LogP contribution in [0.4, 0.5) is 0 Å². The molecule has 0 aliphatic carbocycles. The molecule has 3 unspecified atom stereocenters. The molecule has 0 saturated carbocycles. The molecular weight excluding hydrogens is 364 g/mol. The number of ether oxygens (including phenoxy) is 1. The molecule has 2 heterocycles. The first-order chi connectivity index (χ1) is 12.7. The lowest BCUT2D eigenvalue weighted by Gasteiger charge is -2.27. The zero-order chi connectivity index (χ0) is 19.8. The van der Waals surface area contributed by atoms with Crippen molar-refractivity contribution in [2.45, 2.75) is 52.4 Å². The molecule has 1 aromatic carbocycles. The summed E-state index contributed by atoms with van der Waals surface area (Å²) >= 11 is 1.22. The van der Waals surface area contributed by atoms with Gasteiger partial charge in [-0.05, 0) is 44.3 Å². The van der Waals surface area contributed by atoms with Crippen molar-refractivity contribution in [1.29, 1.82) is 0 Å². The summed E-state index contributed by atoms with van der Waals surface area (Å²) in [6.07, 6.45) is -0.895. The van der Waals surface area contributed by atoms with Crippen LogP contribution in [-0.4, -0.2) is 27.0 Å². The van der Waals surface area contributed by atoms with Crippen molar-refractivity contribution in [3.05, 3.63) is 46.0 Å². The fraction of sp³-hybridized carbons (Fsp3) is 0.474. The number of esters is 1.